The number of nitrogens with one attached hydrogen (secondary N) is 2. The van der Waals surface area contributed by atoms with Crippen LogP contribution in [0.4, 0.5) is 4.79 Å². The minimum Gasteiger partial charge on any atom is -0.497 e. The molecule has 0 fully saturated rings. The molecule has 0 heterocycles. The molecule has 0 aliphatic carbocycles. The van der Waals surface area contributed by atoms with Gasteiger partial charge in [-0.3, -0.25) is 0 Å². The van der Waals surface area contributed by atoms with E-state index in [0.717, 1.165) is 16.9 Å². The van der Waals surface area contributed by atoms with Gasteiger partial charge in [-0.25, -0.2) is 4.79 Å². The van der Waals surface area contributed by atoms with Gasteiger partial charge in [0.2, 0.25) is 0 Å². The molecule has 2 atom stereocenters. The molecule has 2 aromatic rings. The first kappa shape index (κ1) is 18.8. The smallest absolute Gasteiger partial charge is 0.315 e. The zero-order chi connectivity index (χ0) is 18.1. The number of urea groups is 1. The lowest BCUT2D eigenvalue weighted by atomic mass is 9.99. The Bertz CT molecular complexity index is 644. The summed E-state index contributed by atoms with van der Waals surface area (Å²) in [6.07, 6.45) is 0.844. The number of hydrogen-bond donors (Lipinski definition) is 3. The van der Waals surface area contributed by atoms with Gasteiger partial charge in [-0.15, -0.1) is 0 Å². The average Bonchev–Trinajstić information content (AvgIpc) is 2.66. The highest BCUT2D eigenvalue weighted by Gasteiger charge is 2.16. The molecule has 5 heteroatoms. The van der Waals surface area contributed by atoms with Gasteiger partial charge in [-0.1, -0.05) is 49.4 Å². The second-order valence-electron chi connectivity index (χ2n) is 5.87. The van der Waals surface area contributed by atoms with Crippen LogP contribution < -0.4 is 15.4 Å². The second kappa shape index (κ2) is 9.69. The van der Waals surface area contributed by atoms with Gasteiger partial charge in [0.1, 0.15) is 5.75 Å². The van der Waals surface area contributed by atoms with Gasteiger partial charge in [0, 0.05) is 6.54 Å². The predicted molar refractivity (Wildman–Crippen MR) is 98.7 cm³/mol. The summed E-state index contributed by atoms with van der Waals surface area (Å²) in [5.74, 6) is 0.772. The van der Waals surface area contributed by atoms with Gasteiger partial charge in [0.15, 0.2) is 0 Å². The summed E-state index contributed by atoms with van der Waals surface area (Å²) in [7, 11) is 1.63. The molecular weight excluding hydrogens is 316 g/mol. The fourth-order valence-corrected chi connectivity index (χ4v) is 2.54. The molecule has 0 saturated heterocycles. The Morgan fingerprint density at radius 1 is 1.08 bits per heavy atom. The number of amides is 2. The lowest BCUT2D eigenvalue weighted by molar-refractivity contribution is 0.160. The maximum absolute atomic E-state index is 12.3. The van der Waals surface area contributed by atoms with E-state index in [0.29, 0.717) is 19.4 Å². The molecule has 2 unspecified atom stereocenters. The number of carbonyl (C=O) groups is 1. The van der Waals surface area contributed by atoms with Crippen LogP contribution in [0.5, 0.6) is 5.75 Å². The van der Waals surface area contributed by atoms with Crippen LogP contribution in [-0.2, 0) is 0 Å². The van der Waals surface area contributed by atoms with Crippen LogP contribution in [0.2, 0.25) is 0 Å². The van der Waals surface area contributed by atoms with Crippen molar-refractivity contribution in [3.05, 3.63) is 65.7 Å². The number of hydrogen-bond acceptors (Lipinski definition) is 3. The Morgan fingerprint density at radius 3 is 2.32 bits per heavy atom. The van der Waals surface area contributed by atoms with Crippen LogP contribution in [-0.4, -0.2) is 30.9 Å². The van der Waals surface area contributed by atoms with E-state index >= 15 is 0 Å². The second-order valence-corrected chi connectivity index (χ2v) is 5.87. The molecule has 5 nitrogen and oxygen atoms in total. The van der Waals surface area contributed by atoms with E-state index in [4.69, 9.17) is 4.74 Å². The topological polar surface area (TPSA) is 70.6 Å². The average molecular weight is 342 g/mol. The molecule has 134 valence electrons. The summed E-state index contributed by atoms with van der Waals surface area (Å²) in [4.78, 5) is 12.3. The first-order valence-corrected chi connectivity index (χ1v) is 8.55. The Hall–Kier alpha value is -2.53. The molecule has 0 aliphatic heterocycles. The summed E-state index contributed by atoms with van der Waals surface area (Å²) in [6, 6.07) is 16.9. The van der Waals surface area contributed by atoms with Crippen molar-refractivity contribution in [2.24, 2.45) is 0 Å². The SMILES string of the molecule is CCC(O)CCNC(=O)NC(c1ccccc1)c1ccc(OC)cc1. The number of aliphatic hydroxyl groups excluding tert-OH is 1. The van der Waals surface area contributed by atoms with Gasteiger partial charge in [-0.05, 0) is 36.1 Å². The molecule has 0 saturated carbocycles. The van der Waals surface area contributed by atoms with Crippen LogP contribution >= 0.6 is 0 Å². The summed E-state index contributed by atoms with van der Waals surface area (Å²) in [6.45, 7) is 2.35. The summed E-state index contributed by atoms with van der Waals surface area (Å²) < 4.78 is 5.20. The van der Waals surface area contributed by atoms with Crippen molar-refractivity contribution < 1.29 is 14.6 Å². The molecule has 0 aromatic heterocycles. The minimum absolute atomic E-state index is 0.257. The summed E-state index contributed by atoms with van der Waals surface area (Å²) in [5, 5.41) is 15.4. The van der Waals surface area contributed by atoms with Gasteiger partial charge in [-0.2, -0.15) is 0 Å². The quantitative estimate of drug-likeness (QED) is 0.690. The summed E-state index contributed by atoms with van der Waals surface area (Å²) in [5.41, 5.74) is 1.96. The standard InChI is InChI=1S/C20H26N2O3/c1-3-17(23)13-14-21-20(24)22-19(15-7-5-4-6-8-15)16-9-11-18(25-2)12-10-16/h4-12,17,19,23H,3,13-14H2,1-2H3,(H2,21,22,24). The molecule has 2 aromatic carbocycles. The molecule has 2 amide bonds. The lowest BCUT2D eigenvalue weighted by Crippen LogP contribution is -2.39. The fourth-order valence-electron chi connectivity index (χ4n) is 2.54. The highest BCUT2D eigenvalue weighted by molar-refractivity contribution is 5.75. The molecular formula is C20H26N2O3. The Labute approximate surface area is 149 Å². The van der Waals surface area contributed by atoms with Gasteiger partial charge >= 0.3 is 6.03 Å². The normalized spacial score (nSPS) is 12.9. The number of methoxy groups -OCH3 is 1. The number of aliphatic hydroxyl groups is 1. The van der Waals surface area contributed by atoms with E-state index in [-0.39, 0.29) is 18.2 Å². The molecule has 0 spiro atoms. The Kier molecular flexibility index (Phi) is 7.29. The van der Waals surface area contributed by atoms with Crippen molar-refractivity contribution in [2.45, 2.75) is 31.9 Å². The third-order valence-electron chi connectivity index (χ3n) is 4.09. The van der Waals surface area contributed by atoms with E-state index in [1.54, 1.807) is 7.11 Å². The maximum atomic E-state index is 12.3. The number of benzene rings is 2. The van der Waals surface area contributed by atoms with Crippen molar-refractivity contribution >= 4 is 6.03 Å². The minimum atomic E-state index is -0.383. The molecule has 0 radical (unpaired) electrons. The van der Waals surface area contributed by atoms with Crippen LogP contribution in [0.25, 0.3) is 0 Å². The predicted octanol–water partition coefficient (Wildman–Crippen LogP) is 3.24. The first-order valence-electron chi connectivity index (χ1n) is 8.55. The van der Waals surface area contributed by atoms with E-state index in [2.05, 4.69) is 10.6 Å². The number of ether oxygens (including phenoxy) is 1. The zero-order valence-electron chi connectivity index (χ0n) is 14.7. The number of carbonyl (C=O) groups excluding carboxylic acids is 1. The number of rotatable bonds is 8. The van der Waals surface area contributed by atoms with Crippen molar-refractivity contribution in [2.75, 3.05) is 13.7 Å². The van der Waals surface area contributed by atoms with Gasteiger partial charge in [0.25, 0.3) is 0 Å². The fraction of sp³-hybridized carbons (Fsp3) is 0.350. The third-order valence-corrected chi connectivity index (χ3v) is 4.09. The molecule has 0 aliphatic rings. The van der Waals surface area contributed by atoms with E-state index in [9.17, 15) is 9.90 Å². The lowest BCUT2D eigenvalue weighted by Gasteiger charge is -2.21. The monoisotopic (exact) mass is 342 g/mol. The highest BCUT2D eigenvalue weighted by Crippen LogP contribution is 2.24. The molecule has 25 heavy (non-hydrogen) atoms. The van der Waals surface area contributed by atoms with E-state index in [1.807, 2.05) is 61.5 Å². The first-order chi connectivity index (χ1) is 12.1. The van der Waals surface area contributed by atoms with E-state index in [1.165, 1.54) is 0 Å². The van der Waals surface area contributed by atoms with Crippen LogP contribution in [0.3, 0.4) is 0 Å². The van der Waals surface area contributed by atoms with Crippen LogP contribution in [0, 0.1) is 0 Å². The van der Waals surface area contributed by atoms with Gasteiger partial charge in [0.05, 0.1) is 19.3 Å². The van der Waals surface area contributed by atoms with Gasteiger partial charge < -0.3 is 20.5 Å². The Balaban J connectivity index is 2.08. The Morgan fingerprint density at radius 2 is 1.72 bits per heavy atom. The third kappa shape index (κ3) is 5.80. The maximum Gasteiger partial charge on any atom is 0.315 e. The van der Waals surface area contributed by atoms with Crippen molar-refractivity contribution in [3.63, 3.8) is 0 Å². The van der Waals surface area contributed by atoms with Crippen molar-refractivity contribution in [1.29, 1.82) is 0 Å². The highest BCUT2D eigenvalue weighted by atomic mass is 16.5. The zero-order valence-corrected chi connectivity index (χ0v) is 14.7. The molecule has 3 N–H and O–H groups in total. The van der Waals surface area contributed by atoms with Crippen molar-refractivity contribution in [1.82, 2.24) is 10.6 Å². The van der Waals surface area contributed by atoms with Crippen molar-refractivity contribution in [3.8, 4) is 5.75 Å². The molecule has 0 bridgehead atoms. The van der Waals surface area contributed by atoms with E-state index < -0.39 is 0 Å². The largest absolute Gasteiger partial charge is 0.497 e. The summed E-state index contributed by atoms with van der Waals surface area (Å²) >= 11 is 0. The van der Waals surface area contributed by atoms with Crippen LogP contribution in [0.1, 0.15) is 36.9 Å². The van der Waals surface area contributed by atoms with Crippen LogP contribution in [0.15, 0.2) is 54.6 Å². The molecule has 2 rings (SSSR count).